The first-order chi connectivity index (χ1) is 12.8. The summed E-state index contributed by atoms with van der Waals surface area (Å²) in [5.74, 6) is 1.82. The third kappa shape index (κ3) is 3.44. The van der Waals surface area contributed by atoms with Crippen molar-refractivity contribution in [1.82, 2.24) is 15.0 Å². The summed E-state index contributed by atoms with van der Waals surface area (Å²) in [4.78, 5) is 17.7. The van der Waals surface area contributed by atoms with Gasteiger partial charge in [-0.05, 0) is 36.4 Å². The molecule has 132 valence electrons. The highest BCUT2D eigenvalue weighted by Gasteiger charge is 2.18. The van der Waals surface area contributed by atoms with Crippen molar-refractivity contribution in [1.29, 1.82) is 0 Å². The Hall–Kier alpha value is -3.15. The van der Waals surface area contributed by atoms with Gasteiger partial charge < -0.3 is 14.5 Å². The molecule has 1 saturated heterocycles. The predicted molar refractivity (Wildman–Crippen MR) is 103 cm³/mol. The van der Waals surface area contributed by atoms with E-state index in [4.69, 9.17) is 4.74 Å². The van der Waals surface area contributed by atoms with Crippen molar-refractivity contribution in [3.05, 3.63) is 61.2 Å². The Balaban J connectivity index is 1.47. The average molecular weight is 347 g/mol. The molecule has 0 aliphatic carbocycles. The molecule has 3 aromatic rings. The minimum atomic E-state index is 0.843. The van der Waals surface area contributed by atoms with Crippen LogP contribution in [0.15, 0.2) is 61.2 Å². The van der Waals surface area contributed by atoms with Crippen molar-refractivity contribution in [2.45, 2.75) is 0 Å². The second-order valence-corrected chi connectivity index (χ2v) is 6.17. The van der Waals surface area contributed by atoms with Gasteiger partial charge in [-0.1, -0.05) is 0 Å². The standard InChI is InChI=1S/C20H21N5O/c1-26-18-4-2-16(3-5-18)19-14-20(23-15-22-19)25-12-10-24(11-13-25)17-6-8-21-9-7-17/h2-9,14-15H,10-13H2,1H3. The van der Waals surface area contributed by atoms with Crippen LogP contribution in [0.2, 0.25) is 0 Å². The Bertz CT molecular complexity index is 846. The first-order valence-corrected chi connectivity index (χ1v) is 8.70. The van der Waals surface area contributed by atoms with Gasteiger partial charge in [-0.15, -0.1) is 0 Å². The van der Waals surface area contributed by atoms with Crippen molar-refractivity contribution >= 4 is 11.5 Å². The second kappa shape index (κ2) is 7.39. The Morgan fingerprint density at radius 2 is 1.54 bits per heavy atom. The molecular weight excluding hydrogens is 326 g/mol. The lowest BCUT2D eigenvalue weighted by molar-refractivity contribution is 0.415. The van der Waals surface area contributed by atoms with E-state index in [1.54, 1.807) is 13.4 Å². The van der Waals surface area contributed by atoms with E-state index >= 15 is 0 Å². The zero-order chi connectivity index (χ0) is 17.8. The number of rotatable bonds is 4. The molecule has 3 heterocycles. The van der Waals surface area contributed by atoms with Crippen LogP contribution < -0.4 is 14.5 Å². The maximum Gasteiger partial charge on any atom is 0.132 e. The van der Waals surface area contributed by atoms with Gasteiger partial charge in [0.25, 0.3) is 0 Å². The number of aromatic nitrogens is 3. The lowest BCUT2D eigenvalue weighted by Gasteiger charge is -2.36. The zero-order valence-electron chi connectivity index (χ0n) is 14.7. The quantitative estimate of drug-likeness (QED) is 0.723. The first kappa shape index (κ1) is 16.3. The Labute approximate surface area is 153 Å². The molecule has 26 heavy (non-hydrogen) atoms. The van der Waals surface area contributed by atoms with E-state index in [2.05, 4.69) is 43.0 Å². The van der Waals surface area contributed by atoms with Crippen LogP contribution in [0.3, 0.4) is 0 Å². The SMILES string of the molecule is COc1ccc(-c2cc(N3CCN(c4ccncc4)CC3)ncn2)cc1. The number of hydrogen-bond acceptors (Lipinski definition) is 6. The van der Waals surface area contributed by atoms with E-state index < -0.39 is 0 Å². The Kier molecular flexibility index (Phi) is 4.64. The molecule has 4 rings (SSSR count). The third-order valence-corrected chi connectivity index (χ3v) is 4.67. The predicted octanol–water partition coefficient (Wildman–Crippen LogP) is 2.87. The van der Waals surface area contributed by atoms with Gasteiger partial charge in [-0.2, -0.15) is 0 Å². The number of piperazine rings is 1. The van der Waals surface area contributed by atoms with E-state index in [0.29, 0.717) is 0 Å². The summed E-state index contributed by atoms with van der Waals surface area (Å²) in [6.07, 6.45) is 5.32. The van der Waals surface area contributed by atoms with Crippen LogP contribution in [-0.4, -0.2) is 48.2 Å². The summed E-state index contributed by atoms with van der Waals surface area (Å²) >= 11 is 0. The molecule has 1 fully saturated rings. The lowest BCUT2D eigenvalue weighted by Crippen LogP contribution is -2.46. The summed E-state index contributed by atoms with van der Waals surface area (Å²) in [5.41, 5.74) is 3.21. The van der Waals surface area contributed by atoms with Crippen molar-refractivity contribution in [2.24, 2.45) is 0 Å². The van der Waals surface area contributed by atoms with E-state index in [1.165, 1.54) is 5.69 Å². The summed E-state index contributed by atoms with van der Waals surface area (Å²) in [5, 5.41) is 0. The summed E-state index contributed by atoms with van der Waals surface area (Å²) in [7, 11) is 1.67. The second-order valence-electron chi connectivity index (χ2n) is 6.17. The van der Waals surface area contributed by atoms with Crippen LogP contribution >= 0.6 is 0 Å². The van der Waals surface area contributed by atoms with Crippen LogP contribution in [0.5, 0.6) is 5.75 Å². The van der Waals surface area contributed by atoms with Gasteiger partial charge >= 0.3 is 0 Å². The van der Waals surface area contributed by atoms with E-state index in [0.717, 1.165) is 49.0 Å². The van der Waals surface area contributed by atoms with Gasteiger partial charge in [0.05, 0.1) is 12.8 Å². The molecule has 0 radical (unpaired) electrons. The zero-order valence-corrected chi connectivity index (χ0v) is 14.7. The highest BCUT2D eigenvalue weighted by Crippen LogP contribution is 2.24. The molecular formula is C20H21N5O. The summed E-state index contributed by atoms with van der Waals surface area (Å²) in [6, 6.07) is 14.1. The number of ether oxygens (including phenoxy) is 1. The third-order valence-electron chi connectivity index (χ3n) is 4.67. The molecule has 1 aliphatic rings. The molecule has 0 N–H and O–H groups in total. The highest BCUT2D eigenvalue weighted by molar-refractivity contribution is 5.63. The molecule has 1 aliphatic heterocycles. The van der Waals surface area contributed by atoms with Crippen molar-refractivity contribution in [3.63, 3.8) is 0 Å². The van der Waals surface area contributed by atoms with Crippen molar-refractivity contribution < 1.29 is 4.74 Å². The van der Waals surface area contributed by atoms with Crippen LogP contribution in [0, 0.1) is 0 Å². The molecule has 2 aromatic heterocycles. The van der Waals surface area contributed by atoms with E-state index in [1.807, 2.05) is 36.7 Å². The monoisotopic (exact) mass is 347 g/mol. The summed E-state index contributed by atoms with van der Waals surface area (Å²) < 4.78 is 5.22. The van der Waals surface area contributed by atoms with Crippen LogP contribution in [-0.2, 0) is 0 Å². The molecule has 0 bridgehead atoms. The van der Waals surface area contributed by atoms with E-state index in [9.17, 15) is 0 Å². The Morgan fingerprint density at radius 3 is 2.23 bits per heavy atom. The number of anilines is 2. The van der Waals surface area contributed by atoms with Crippen LogP contribution in [0.1, 0.15) is 0 Å². The number of hydrogen-bond donors (Lipinski definition) is 0. The molecule has 0 amide bonds. The minimum Gasteiger partial charge on any atom is -0.497 e. The minimum absolute atomic E-state index is 0.843. The van der Waals surface area contributed by atoms with Gasteiger partial charge in [0.1, 0.15) is 17.9 Å². The van der Waals surface area contributed by atoms with Gasteiger partial charge in [0, 0.05) is 55.9 Å². The molecule has 0 spiro atoms. The lowest BCUT2D eigenvalue weighted by atomic mass is 10.1. The van der Waals surface area contributed by atoms with Crippen LogP contribution in [0.4, 0.5) is 11.5 Å². The van der Waals surface area contributed by atoms with Gasteiger partial charge in [-0.25, -0.2) is 9.97 Å². The molecule has 6 heteroatoms. The summed E-state index contributed by atoms with van der Waals surface area (Å²) in [6.45, 7) is 3.79. The Morgan fingerprint density at radius 1 is 0.846 bits per heavy atom. The number of methoxy groups -OCH3 is 1. The topological polar surface area (TPSA) is 54.4 Å². The number of nitrogens with zero attached hydrogens (tertiary/aromatic N) is 5. The maximum atomic E-state index is 5.22. The van der Waals surface area contributed by atoms with Crippen molar-refractivity contribution in [2.75, 3.05) is 43.1 Å². The molecule has 0 unspecified atom stereocenters. The average Bonchev–Trinajstić information content (AvgIpc) is 2.75. The maximum absolute atomic E-state index is 5.22. The van der Waals surface area contributed by atoms with Gasteiger partial charge in [0.15, 0.2) is 0 Å². The smallest absolute Gasteiger partial charge is 0.132 e. The molecule has 0 saturated carbocycles. The number of benzene rings is 1. The largest absolute Gasteiger partial charge is 0.497 e. The molecule has 6 nitrogen and oxygen atoms in total. The van der Waals surface area contributed by atoms with Gasteiger partial charge in [-0.3, -0.25) is 4.98 Å². The normalized spacial score (nSPS) is 14.3. The van der Waals surface area contributed by atoms with Crippen LogP contribution in [0.25, 0.3) is 11.3 Å². The van der Waals surface area contributed by atoms with Gasteiger partial charge in [0.2, 0.25) is 0 Å². The first-order valence-electron chi connectivity index (χ1n) is 8.70. The fourth-order valence-corrected chi connectivity index (χ4v) is 3.19. The number of pyridine rings is 1. The fraction of sp³-hybridized carbons (Fsp3) is 0.250. The highest BCUT2D eigenvalue weighted by atomic mass is 16.5. The fourth-order valence-electron chi connectivity index (χ4n) is 3.19. The van der Waals surface area contributed by atoms with Crippen molar-refractivity contribution in [3.8, 4) is 17.0 Å². The molecule has 1 aromatic carbocycles. The van der Waals surface area contributed by atoms with E-state index in [-0.39, 0.29) is 0 Å². The molecule has 0 atom stereocenters.